The van der Waals surface area contributed by atoms with Crippen LogP contribution >= 0.6 is 15.9 Å². The minimum atomic E-state index is 0.294. The number of ether oxygens (including phenoxy) is 1. The van der Waals surface area contributed by atoms with E-state index in [4.69, 9.17) is 10.5 Å². The average molecular weight is 298 g/mol. The van der Waals surface area contributed by atoms with E-state index in [0.29, 0.717) is 23.7 Å². The molecule has 0 aliphatic heterocycles. The normalized spacial score (nSPS) is 10.5. The number of aromatic nitrogens is 2. The molecule has 1 heterocycles. The summed E-state index contributed by atoms with van der Waals surface area (Å²) < 4.78 is 11.2. The molecule has 0 saturated heterocycles. The second-order valence-electron chi connectivity index (χ2n) is 3.73. The Morgan fingerprint density at radius 3 is 2.71 bits per heavy atom. The molecule has 2 N–H and O–H groups in total. The number of benzene rings is 1. The third-order valence-electron chi connectivity index (χ3n) is 2.37. The van der Waals surface area contributed by atoms with Gasteiger partial charge in [-0.15, -0.1) is 0 Å². The predicted molar refractivity (Wildman–Crippen MR) is 66.7 cm³/mol. The molecule has 90 valence electrons. The van der Waals surface area contributed by atoms with Crippen molar-refractivity contribution in [1.82, 2.24) is 10.3 Å². The third-order valence-corrected chi connectivity index (χ3v) is 2.83. The van der Waals surface area contributed by atoms with Gasteiger partial charge in [0.25, 0.3) is 0 Å². The number of nitrogens with zero attached hydrogens (tertiary/aromatic N) is 2. The molecule has 0 amide bonds. The first-order chi connectivity index (χ1) is 8.08. The summed E-state index contributed by atoms with van der Waals surface area (Å²) in [6.45, 7) is 4.04. The maximum atomic E-state index is 5.89. The van der Waals surface area contributed by atoms with Gasteiger partial charge in [0.2, 0.25) is 0 Å². The summed E-state index contributed by atoms with van der Waals surface area (Å²) >= 11 is 3.38. The molecule has 0 atom stereocenters. The summed E-state index contributed by atoms with van der Waals surface area (Å²) in [5.41, 5.74) is 8.83. The highest BCUT2D eigenvalue weighted by Gasteiger charge is 2.10. The molecule has 0 aliphatic rings. The highest BCUT2D eigenvalue weighted by atomic mass is 79.9. The van der Waals surface area contributed by atoms with E-state index >= 15 is 0 Å². The topological polar surface area (TPSA) is 74.2 Å². The molecular formula is C11H12BrN3O2. The first-order valence-electron chi connectivity index (χ1n) is 5.04. The molecule has 5 nitrogen and oxygen atoms in total. The van der Waals surface area contributed by atoms with Gasteiger partial charge in [-0.3, -0.25) is 0 Å². The summed E-state index contributed by atoms with van der Waals surface area (Å²) in [6.07, 6.45) is 0. The summed E-state index contributed by atoms with van der Waals surface area (Å²) in [7, 11) is 0. The van der Waals surface area contributed by atoms with Gasteiger partial charge in [-0.1, -0.05) is 26.2 Å². The van der Waals surface area contributed by atoms with Crippen LogP contribution in [0.1, 0.15) is 17.0 Å². The smallest absolute Gasteiger partial charge is 0.145 e. The zero-order valence-corrected chi connectivity index (χ0v) is 11.1. The van der Waals surface area contributed by atoms with Crippen molar-refractivity contribution in [3.8, 4) is 5.75 Å². The van der Waals surface area contributed by atoms with Gasteiger partial charge in [-0.05, 0) is 31.5 Å². The number of rotatable bonds is 3. The van der Waals surface area contributed by atoms with Crippen molar-refractivity contribution in [2.24, 2.45) is 0 Å². The van der Waals surface area contributed by atoms with E-state index in [0.717, 1.165) is 15.7 Å². The summed E-state index contributed by atoms with van der Waals surface area (Å²) in [4.78, 5) is 0. The van der Waals surface area contributed by atoms with Gasteiger partial charge < -0.3 is 10.5 Å². The lowest BCUT2D eigenvalue weighted by molar-refractivity contribution is 0.270. The Morgan fingerprint density at radius 1 is 1.35 bits per heavy atom. The van der Waals surface area contributed by atoms with Gasteiger partial charge in [0, 0.05) is 4.47 Å². The fourth-order valence-electron chi connectivity index (χ4n) is 1.47. The quantitative estimate of drug-likeness (QED) is 0.882. The summed E-state index contributed by atoms with van der Waals surface area (Å²) in [5, 5.41) is 7.43. The molecule has 17 heavy (non-hydrogen) atoms. The molecule has 0 unspecified atom stereocenters. The number of halogens is 1. The Labute approximate surface area is 107 Å². The lowest BCUT2D eigenvalue weighted by atomic mass is 10.2. The van der Waals surface area contributed by atoms with E-state index in [-0.39, 0.29) is 0 Å². The van der Waals surface area contributed by atoms with Crippen LogP contribution in [0.15, 0.2) is 21.2 Å². The van der Waals surface area contributed by atoms with Gasteiger partial charge >= 0.3 is 0 Å². The van der Waals surface area contributed by atoms with Gasteiger partial charge in [0.15, 0.2) is 0 Å². The first kappa shape index (κ1) is 11.9. The van der Waals surface area contributed by atoms with E-state index < -0.39 is 0 Å². The Balaban J connectivity index is 2.17. The average Bonchev–Trinajstić information content (AvgIpc) is 2.62. The van der Waals surface area contributed by atoms with E-state index in [1.54, 1.807) is 6.07 Å². The van der Waals surface area contributed by atoms with Crippen LogP contribution in [0.25, 0.3) is 0 Å². The molecule has 0 radical (unpaired) electrons. The highest BCUT2D eigenvalue weighted by Crippen LogP contribution is 2.30. The largest absolute Gasteiger partial charge is 0.485 e. The van der Waals surface area contributed by atoms with E-state index in [9.17, 15) is 0 Å². The Kier molecular flexibility index (Phi) is 3.33. The Hall–Kier alpha value is -1.56. The predicted octanol–water partition coefficient (Wildman–Crippen LogP) is 2.61. The number of hydrogen-bond donors (Lipinski definition) is 1. The van der Waals surface area contributed by atoms with Crippen molar-refractivity contribution in [3.05, 3.63) is 33.6 Å². The van der Waals surface area contributed by atoms with Crippen LogP contribution in [-0.2, 0) is 6.61 Å². The molecule has 0 spiro atoms. The first-order valence-corrected chi connectivity index (χ1v) is 5.83. The molecule has 0 aliphatic carbocycles. The van der Waals surface area contributed by atoms with Crippen molar-refractivity contribution in [2.75, 3.05) is 5.73 Å². The standard InChI is InChI=1S/C11H12BrN3O2/c1-6-3-8(12)4-9(13)11(6)16-5-10-7(2)14-17-15-10/h3-4H,5,13H2,1-2H3. The summed E-state index contributed by atoms with van der Waals surface area (Å²) in [5.74, 6) is 0.663. The van der Waals surface area contributed by atoms with Crippen LogP contribution in [0.5, 0.6) is 5.75 Å². The molecule has 0 saturated carbocycles. The van der Waals surface area contributed by atoms with Gasteiger partial charge in [0.1, 0.15) is 23.7 Å². The summed E-state index contributed by atoms with van der Waals surface area (Å²) in [6, 6.07) is 3.75. The fourth-order valence-corrected chi connectivity index (χ4v) is 2.06. The zero-order chi connectivity index (χ0) is 12.4. The zero-order valence-electron chi connectivity index (χ0n) is 9.53. The van der Waals surface area contributed by atoms with Crippen molar-refractivity contribution >= 4 is 21.6 Å². The Morgan fingerprint density at radius 2 is 2.12 bits per heavy atom. The van der Waals surface area contributed by atoms with Crippen molar-refractivity contribution < 1.29 is 9.37 Å². The number of nitrogen functional groups attached to an aromatic ring is 1. The molecule has 2 aromatic rings. The number of aryl methyl sites for hydroxylation is 2. The van der Waals surface area contributed by atoms with E-state index in [1.807, 2.05) is 19.9 Å². The SMILES string of the molecule is Cc1cc(Br)cc(N)c1OCc1nonc1C. The number of nitrogens with two attached hydrogens (primary N) is 1. The van der Waals surface area contributed by atoms with E-state index in [1.165, 1.54) is 0 Å². The van der Waals surface area contributed by atoms with Gasteiger partial charge in [0.05, 0.1) is 5.69 Å². The molecular weight excluding hydrogens is 286 g/mol. The van der Waals surface area contributed by atoms with Crippen LogP contribution < -0.4 is 10.5 Å². The Bertz CT molecular complexity index is 516. The molecule has 1 aromatic carbocycles. The number of hydrogen-bond acceptors (Lipinski definition) is 5. The van der Waals surface area contributed by atoms with Crippen LogP contribution in [-0.4, -0.2) is 10.3 Å². The maximum absolute atomic E-state index is 5.89. The molecule has 0 bridgehead atoms. The lowest BCUT2D eigenvalue weighted by Gasteiger charge is -2.11. The van der Waals surface area contributed by atoms with Crippen LogP contribution in [0, 0.1) is 13.8 Å². The van der Waals surface area contributed by atoms with Crippen molar-refractivity contribution in [2.45, 2.75) is 20.5 Å². The van der Waals surface area contributed by atoms with Crippen LogP contribution in [0.4, 0.5) is 5.69 Å². The molecule has 1 aromatic heterocycles. The third kappa shape index (κ3) is 2.58. The van der Waals surface area contributed by atoms with Crippen molar-refractivity contribution in [3.63, 3.8) is 0 Å². The minimum Gasteiger partial charge on any atom is -0.485 e. The minimum absolute atomic E-state index is 0.294. The molecule has 2 rings (SSSR count). The fraction of sp³-hybridized carbons (Fsp3) is 0.273. The van der Waals surface area contributed by atoms with Gasteiger partial charge in [-0.2, -0.15) is 0 Å². The second-order valence-corrected chi connectivity index (χ2v) is 4.64. The van der Waals surface area contributed by atoms with E-state index in [2.05, 4.69) is 30.9 Å². The van der Waals surface area contributed by atoms with Crippen LogP contribution in [0.2, 0.25) is 0 Å². The van der Waals surface area contributed by atoms with Crippen molar-refractivity contribution in [1.29, 1.82) is 0 Å². The molecule has 6 heteroatoms. The lowest BCUT2D eigenvalue weighted by Crippen LogP contribution is -2.02. The maximum Gasteiger partial charge on any atom is 0.145 e. The second kappa shape index (κ2) is 4.75. The monoisotopic (exact) mass is 297 g/mol. The van der Waals surface area contributed by atoms with Gasteiger partial charge in [-0.25, -0.2) is 4.63 Å². The number of anilines is 1. The van der Waals surface area contributed by atoms with Crippen LogP contribution in [0.3, 0.4) is 0 Å². The molecule has 0 fully saturated rings. The highest BCUT2D eigenvalue weighted by molar-refractivity contribution is 9.10.